The number of nitrogens with zero attached hydrogens (tertiary/aromatic N) is 4. The second-order valence-corrected chi connectivity index (χ2v) is 6.87. The van der Waals surface area contributed by atoms with Crippen molar-refractivity contribution in [1.29, 1.82) is 0 Å². The maximum atomic E-state index is 12.7. The Kier molecular flexibility index (Phi) is 5.50. The Morgan fingerprint density at radius 3 is 2.75 bits per heavy atom. The number of benzene rings is 1. The number of aromatic nitrogens is 2. The third-order valence-corrected chi connectivity index (χ3v) is 5.03. The molecule has 8 heteroatoms. The van der Waals surface area contributed by atoms with Crippen LogP contribution in [-0.4, -0.2) is 60.7 Å². The molecule has 1 fully saturated rings. The molecule has 4 rings (SSSR count). The van der Waals surface area contributed by atoms with Crippen molar-refractivity contribution in [3.63, 3.8) is 0 Å². The molecule has 8 nitrogen and oxygen atoms in total. The van der Waals surface area contributed by atoms with Gasteiger partial charge in [-0.05, 0) is 25.5 Å². The molecule has 2 aromatic rings. The summed E-state index contributed by atoms with van der Waals surface area (Å²) in [5.74, 6) is 1.42. The Morgan fingerprint density at radius 1 is 1.18 bits per heavy atom. The van der Waals surface area contributed by atoms with Gasteiger partial charge in [-0.3, -0.25) is 9.69 Å². The molecule has 2 aliphatic rings. The quantitative estimate of drug-likeness (QED) is 0.753. The number of ether oxygens (including phenoxy) is 3. The van der Waals surface area contributed by atoms with Crippen LogP contribution >= 0.6 is 0 Å². The third-order valence-electron chi connectivity index (χ3n) is 5.03. The number of morpholine rings is 1. The van der Waals surface area contributed by atoms with E-state index in [9.17, 15) is 4.79 Å². The highest BCUT2D eigenvalue weighted by Gasteiger charge is 2.31. The van der Waals surface area contributed by atoms with Crippen LogP contribution in [0.4, 0.5) is 11.4 Å². The molecule has 0 spiro atoms. The van der Waals surface area contributed by atoms with Gasteiger partial charge in [0, 0.05) is 33.2 Å². The second-order valence-electron chi connectivity index (χ2n) is 6.87. The monoisotopic (exact) mass is 386 g/mol. The molecule has 0 unspecified atom stereocenters. The average Bonchev–Trinajstić information content (AvgIpc) is 2.72. The molecule has 3 heterocycles. The summed E-state index contributed by atoms with van der Waals surface area (Å²) in [7, 11) is 1.61. The van der Waals surface area contributed by atoms with Gasteiger partial charge in [0.25, 0.3) is 5.88 Å². The fourth-order valence-electron chi connectivity index (χ4n) is 3.66. The smallest absolute Gasteiger partial charge is 0.311 e. The Balaban J connectivity index is 1.66. The number of aryl methyl sites for hydroxylation is 1. The fourth-order valence-corrected chi connectivity index (χ4v) is 3.66. The highest BCUT2D eigenvalue weighted by atomic mass is 16.5. The van der Waals surface area contributed by atoms with Gasteiger partial charge in [-0.25, -0.2) is 4.68 Å². The van der Waals surface area contributed by atoms with Crippen LogP contribution in [0.1, 0.15) is 13.3 Å². The molecule has 150 valence electrons. The van der Waals surface area contributed by atoms with Crippen LogP contribution in [0.3, 0.4) is 0 Å². The van der Waals surface area contributed by atoms with Crippen molar-refractivity contribution in [3.05, 3.63) is 34.6 Å². The van der Waals surface area contributed by atoms with Gasteiger partial charge >= 0.3 is 5.56 Å². The lowest BCUT2D eigenvalue weighted by Gasteiger charge is -2.34. The van der Waals surface area contributed by atoms with Crippen molar-refractivity contribution < 1.29 is 14.2 Å². The van der Waals surface area contributed by atoms with E-state index in [0.29, 0.717) is 18.2 Å². The summed E-state index contributed by atoms with van der Waals surface area (Å²) in [6.07, 6.45) is 0.939. The molecular weight excluding hydrogens is 360 g/mol. The van der Waals surface area contributed by atoms with E-state index in [2.05, 4.69) is 14.9 Å². The summed E-state index contributed by atoms with van der Waals surface area (Å²) >= 11 is 0. The average molecular weight is 386 g/mol. The van der Waals surface area contributed by atoms with Gasteiger partial charge < -0.3 is 19.1 Å². The first-order valence-electron chi connectivity index (χ1n) is 9.77. The lowest BCUT2D eigenvalue weighted by molar-refractivity contribution is 0.0377. The summed E-state index contributed by atoms with van der Waals surface area (Å²) in [5.41, 5.74) is 1.28. The highest BCUT2D eigenvalue weighted by Crippen LogP contribution is 2.48. The van der Waals surface area contributed by atoms with E-state index in [0.717, 1.165) is 57.3 Å². The number of hydrogen-bond donors (Lipinski definition) is 0. The minimum Gasteiger partial charge on any atom is -0.486 e. The van der Waals surface area contributed by atoms with Crippen LogP contribution in [-0.2, 0) is 11.8 Å². The van der Waals surface area contributed by atoms with Crippen LogP contribution in [0, 0.1) is 0 Å². The second kappa shape index (κ2) is 8.20. The summed E-state index contributed by atoms with van der Waals surface area (Å²) in [5, 5.41) is 4.34. The zero-order valence-corrected chi connectivity index (χ0v) is 16.4. The molecule has 0 radical (unpaired) electrons. The molecule has 0 saturated carbocycles. The van der Waals surface area contributed by atoms with E-state index in [4.69, 9.17) is 14.2 Å². The Morgan fingerprint density at radius 2 is 1.96 bits per heavy atom. The summed E-state index contributed by atoms with van der Waals surface area (Å²) < 4.78 is 18.4. The zero-order chi connectivity index (χ0) is 19.5. The predicted molar refractivity (Wildman–Crippen MR) is 106 cm³/mol. The van der Waals surface area contributed by atoms with Gasteiger partial charge in [-0.15, -0.1) is 5.10 Å². The standard InChI is InChI=1S/C20H26N4O4/c1-3-27-18-17-19(21-22(2)20(18)25)28-16-8-5-4-7-15(16)24(17)10-6-9-23-11-13-26-14-12-23/h4-5,7-8H,3,6,9-14H2,1-2H3. The number of anilines is 2. The molecule has 0 atom stereocenters. The molecule has 0 N–H and O–H groups in total. The number of para-hydroxylation sites is 2. The van der Waals surface area contributed by atoms with Crippen LogP contribution in [0.5, 0.6) is 17.4 Å². The summed E-state index contributed by atoms with van der Waals surface area (Å²) in [6.45, 7) is 7.47. The van der Waals surface area contributed by atoms with Gasteiger partial charge in [0.15, 0.2) is 11.4 Å². The Hall–Kier alpha value is -2.58. The lowest BCUT2D eigenvalue weighted by Crippen LogP contribution is -2.38. The van der Waals surface area contributed by atoms with Gasteiger partial charge in [0.05, 0.1) is 25.5 Å². The molecule has 1 aromatic carbocycles. The van der Waals surface area contributed by atoms with Crippen LogP contribution < -0.4 is 19.9 Å². The highest BCUT2D eigenvalue weighted by molar-refractivity contribution is 5.80. The Bertz CT molecular complexity index is 892. The first-order chi connectivity index (χ1) is 13.7. The maximum Gasteiger partial charge on any atom is 0.311 e. The topological polar surface area (TPSA) is 69.1 Å². The van der Waals surface area contributed by atoms with E-state index < -0.39 is 0 Å². The van der Waals surface area contributed by atoms with Gasteiger partial charge in [-0.1, -0.05) is 12.1 Å². The third kappa shape index (κ3) is 3.57. The maximum absolute atomic E-state index is 12.7. The van der Waals surface area contributed by atoms with E-state index in [1.54, 1.807) is 7.05 Å². The molecule has 0 aliphatic carbocycles. The predicted octanol–water partition coefficient (Wildman–Crippen LogP) is 2.15. The first-order valence-corrected chi connectivity index (χ1v) is 9.77. The minimum absolute atomic E-state index is 0.262. The van der Waals surface area contributed by atoms with Crippen molar-refractivity contribution in [2.45, 2.75) is 13.3 Å². The van der Waals surface area contributed by atoms with Crippen molar-refractivity contribution >= 4 is 11.4 Å². The molecule has 28 heavy (non-hydrogen) atoms. The van der Waals surface area contributed by atoms with Gasteiger partial charge in [0.1, 0.15) is 0 Å². The molecule has 0 bridgehead atoms. The lowest BCUT2D eigenvalue weighted by atomic mass is 10.2. The van der Waals surface area contributed by atoms with E-state index in [-0.39, 0.29) is 11.3 Å². The number of fused-ring (bicyclic) bond motifs is 2. The SMILES string of the molecule is CCOc1c2c(nn(C)c1=O)Oc1ccccc1N2CCCN1CCOCC1. The normalized spacial score (nSPS) is 16.3. The molecule has 0 amide bonds. The Labute approximate surface area is 164 Å². The molecular formula is C20H26N4O4. The minimum atomic E-state index is -0.262. The largest absolute Gasteiger partial charge is 0.486 e. The van der Waals surface area contributed by atoms with Gasteiger partial charge in [-0.2, -0.15) is 0 Å². The molecule has 1 saturated heterocycles. The van der Waals surface area contributed by atoms with Crippen LogP contribution in [0.25, 0.3) is 0 Å². The fraction of sp³-hybridized carbons (Fsp3) is 0.500. The van der Waals surface area contributed by atoms with Crippen molar-refractivity contribution in [1.82, 2.24) is 14.7 Å². The van der Waals surface area contributed by atoms with Crippen LogP contribution in [0.2, 0.25) is 0 Å². The van der Waals surface area contributed by atoms with E-state index >= 15 is 0 Å². The van der Waals surface area contributed by atoms with Gasteiger partial charge in [0.2, 0.25) is 5.75 Å². The first kappa shape index (κ1) is 18.8. The van der Waals surface area contributed by atoms with E-state index in [1.165, 1.54) is 4.68 Å². The van der Waals surface area contributed by atoms with Crippen molar-refractivity contribution in [2.75, 3.05) is 50.9 Å². The van der Waals surface area contributed by atoms with Crippen molar-refractivity contribution in [2.24, 2.45) is 7.05 Å². The zero-order valence-electron chi connectivity index (χ0n) is 16.4. The summed E-state index contributed by atoms with van der Waals surface area (Å²) in [6, 6.07) is 7.82. The molecule has 2 aliphatic heterocycles. The van der Waals surface area contributed by atoms with Crippen molar-refractivity contribution in [3.8, 4) is 17.4 Å². The number of rotatable bonds is 6. The number of hydrogen-bond acceptors (Lipinski definition) is 7. The van der Waals surface area contributed by atoms with E-state index in [1.807, 2.05) is 31.2 Å². The van der Waals surface area contributed by atoms with Crippen LogP contribution in [0.15, 0.2) is 29.1 Å². The summed E-state index contributed by atoms with van der Waals surface area (Å²) in [4.78, 5) is 17.2. The molecule has 1 aromatic heterocycles.